The molecule has 17 nitrogen and oxygen atoms in total. The molecule has 0 aliphatic carbocycles. The highest BCUT2D eigenvalue weighted by Gasteiger charge is 2.40. The Balaban J connectivity index is 0.787. The lowest BCUT2D eigenvalue weighted by atomic mass is 10.1. The van der Waals surface area contributed by atoms with Crippen molar-refractivity contribution in [2.45, 2.75) is 62.9 Å². The highest BCUT2D eigenvalue weighted by molar-refractivity contribution is 6.08. The molecule has 4 aliphatic rings. The van der Waals surface area contributed by atoms with E-state index in [4.69, 9.17) is 14.5 Å². The fourth-order valence-corrected chi connectivity index (χ4v) is 8.92. The molecule has 0 saturated carbocycles. The number of halogens is 2. The summed E-state index contributed by atoms with van der Waals surface area (Å²) in [5, 5.41) is 13.3. The van der Waals surface area contributed by atoms with Crippen molar-refractivity contribution in [2.24, 2.45) is 7.05 Å². The zero-order valence-corrected chi connectivity index (χ0v) is 33.5. The van der Waals surface area contributed by atoms with E-state index in [1.807, 2.05) is 24.3 Å². The van der Waals surface area contributed by atoms with E-state index in [1.54, 1.807) is 37.5 Å². The average Bonchev–Trinajstić information content (AvgIpc) is 4.12. The summed E-state index contributed by atoms with van der Waals surface area (Å²) in [5.74, 6) is 5.67. The van der Waals surface area contributed by atoms with Crippen LogP contribution in [0.1, 0.15) is 65.3 Å². The van der Waals surface area contributed by atoms with Gasteiger partial charge in [0.1, 0.15) is 17.4 Å². The number of rotatable bonds is 9. The van der Waals surface area contributed by atoms with Gasteiger partial charge in [-0.05, 0) is 48.7 Å². The minimum Gasteiger partial charge on any atom is -0.375 e. The minimum absolute atomic E-state index is 0.118. The van der Waals surface area contributed by atoms with Crippen molar-refractivity contribution < 1.29 is 32.6 Å². The van der Waals surface area contributed by atoms with E-state index >= 15 is 0 Å². The number of amides is 3. The van der Waals surface area contributed by atoms with Crippen molar-refractivity contribution in [3.05, 3.63) is 100.0 Å². The molecule has 0 spiro atoms. The summed E-state index contributed by atoms with van der Waals surface area (Å²) in [7, 11) is 1.64. The molecule has 2 bridgehead atoms. The van der Waals surface area contributed by atoms with Crippen LogP contribution >= 0.6 is 0 Å². The van der Waals surface area contributed by atoms with E-state index in [2.05, 4.69) is 42.5 Å². The van der Waals surface area contributed by atoms with Crippen LogP contribution in [-0.2, 0) is 32.7 Å². The predicted molar refractivity (Wildman–Crippen MR) is 220 cm³/mol. The number of aromatic nitrogens is 7. The number of benzene rings is 2. The Bertz CT molecular complexity index is 2870. The van der Waals surface area contributed by atoms with Crippen LogP contribution < -0.4 is 21.2 Å². The van der Waals surface area contributed by atoms with Gasteiger partial charge >= 0.3 is 5.69 Å². The van der Waals surface area contributed by atoms with Crippen LogP contribution in [0.5, 0.6) is 0 Å². The first-order valence-corrected chi connectivity index (χ1v) is 20.5. The molecular formula is C43H41F2N11O6. The van der Waals surface area contributed by atoms with Crippen LogP contribution in [0.25, 0.3) is 22.4 Å². The maximum Gasteiger partial charge on any atom is 0.329 e. The van der Waals surface area contributed by atoms with Crippen LogP contribution in [0.2, 0.25) is 0 Å². The number of hydrogen-bond donors (Lipinski definition) is 2. The van der Waals surface area contributed by atoms with Crippen molar-refractivity contribution in [3.63, 3.8) is 0 Å². The number of hydrogen-bond acceptors (Lipinski definition) is 11. The molecule has 62 heavy (non-hydrogen) atoms. The van der Waals surface area contributed by atoms with Gasteiger partial charge in [0, 0.05) is 52.3 Å². The normalized spacial score (nSPS) is 21.5. The lowest BCUT2D eigenvalue weighted by Gasteiger charge is -2.32. The average molecular weight is 846 g/mol. The second-order valence-corrected chi connectivity index (χ2v) is 16.0. The van der Waals surface area contributed by atoms with Crippen LogP contribution in [-0.4, -0.2) is 107 Å². The number of alkyl halides is 2. The van der Waals surface area contributed by atoms with Gasteiger partial charge in [-0.1, -0.05) is 30.0 Å². The Kier molecular flexibility index (Phi) is 10.1. The zero-order valence-electron chi connectivity index (χ0n) is 33.5. The first kappa shape index (κ1) is 39.4. The predicted octanol–water partition coefficient (Wildman–Crippen LogP) is 3.36. The lowest BCUT2D eigenvalue weighted by Crippen LogP contribution is -2.44. The number of piperidine rings is 1. The third-order valence-electron chi connectivity index (χ3n) is 12.0. The highest BCUT2D eigenvalue weighted by Crippen LogP contribution is 2.33. The molecule has 8 heterocycles. The van der Waals surface area contributed by atoms with Crippen molar-refractivity contribution >= 4 is 45.9 Å². The molecule has 4 fully saturated rings. The molecule has 3 amide bonds. The van der Waals surface area contributed by atoms with E-state index in [-0.39, 0.29) is 53.9 Å². The maximum absolute atomic E-state index is 14.3. The van der Waals surface area contributed by atoms with E-state index in [0.29, 0.717) is 79.6 Å². The monoisotopic (exact) mass is 845 g/mol. The zero-order chi connectivity index (χ0) is 42.6. The molecule has 4 aromatic heterocycles. The quantitative estimate of drug-likeness (QED) is 0.161. The van der Waals surface area contributed by atoms with Crippen LogP contribution in [0.15, 0.2) is 71.9 Å². The fraction of sp³-hybridized carbons (Fsp3) is 0.372. The lowest BCUT2D eigenvalue weighted by molar-refractivity contribution is -0.135. The number of carbonyl (C=O) groups excluding carboxylic acids is 3. The molecule has 1 unspecified atom stereocenters. The number of imidazole rings is 1. The first-order valence-electron chi connectivity index (χ1n) is 20.5. The standard InChI is InChI=1S/C43H41F2N11O6/c1-51-38-26(5-3-7-33(38)56(43(51)60)34-12-13-36(57)49-42(34)59)4-2-6-29-21-52(16-17-61-29)20-25-8-10-27(11-9-25)55-23-32(37(50-55)39(44)45)47-41(58)31-19-46-54-15-14-35(48-40(31)54)53-22-30-18-28(53)24-62-30/h3,5,7-11,14-15,19,23,28-30,34,39H,6,12-13,16-18,20-22,24H2,1H3,(H,47,58)(H,49,57,59)/t28-,29-,30-,34?/m1/s1. The Hall–Kier alpha value is -6.75. The number of carbonyl (C=O) groups is 3. The van der Waals surface area contributed by atoms with Crippen LogP contribution in [0, 0.1) is 11.8 Å². The molecule has 6 aromatic rings. The summed E-state index contributed by atoms with van der Waals surface area (Å²) in [6.45, 7) is 3.81. The van der Waals surface area contributed by atoms with Crippen molar-refractivity contribution in [3.8, 4) is 17.5 Å². The Morgan fingerprint density at radius 3 is 2.71 bits per heavy atom. The highest BCUT2D eigenvalue weighted by atomic mass is 19.3. The van der Waals surface area contributed by atoms with Gasteiger partial charge in [-0.25, -0.2) is 27.8 Å². The summed E-state index contributed by atoms with van der Waals surface area (Å²) in [5.41, 5.74) is 2.79. The molecule has 4 atom stereocenters. The number of fused-ring (bicyclic) bond motifs is 4. The molecule has 10 rings (SSSR count). The molecule has 19 heteroatoms. The SMILES string of the molecule is Cn1c(=O)n(C2CCC(=O)NC2=O)c2cccc(C#CC[C@@H]3CN(Cc4ccc(-n5cc(NC(=O)c6cnn7ccc(N8C[C@H]9C[C@@H]8CO9)nc67)c(C(F)F)n5)cc4)CCO3)c21. The summed E-state index contributed by atoms with van der Waals surface area (Å²) in [4.78, 5) is 60.3. The van der Waals surface area contributed by atoms with Gasteiger partial charge in [-0.15, -0.1) is 0 Å². The van der Waals surface area contributed by atoms with Gasteiger partial charge in [0.05, 0.1) is 71.8 Å². The first-order chi connectivity index (χ1) is 30.1. The summed E-state index contributed by atoms with van der Waals surface area (Å²) in [6.07, 6.45) is 3.31. The Morgan fingerprint density at radius 1 is 1.08 bits per heavy atom. The number of ether oxygens (including phenoxy) is 2. The number of aryl methyl sites for hydroxylation is 1. The van der Waals surface area contributed by atoms with Crippen molar-refractivity contribution in [1.82, 2.24) is 43.7 Å². The van der Waals surface area contributed by atoms with Gasteiger partial charge in [0.2, 0.25) is 11.8 Å². The second-order valence-electron chi connectivity index (χ2n) is 16.0. The van der Waals surface area contributed by atoms with E-state index < -0.39 is 30.0 Å². The molecule has 0 radical (unpaired) electrons. The van der Waals surface area contributed by atoms with E-state index in [1.165, 1.54) is 30.7 Å². The Morgan fingerprint density at radius 2 is 1.94 bits per heavy atom. The van der Waals surface area contributed by atoms with Crippen molar-refractivity contribution in [2.75, 3.05) is 43.1 Å². The summed E-state index contributed by atoms with van der Waals surface area (Å²) in [6, 6.07) is 14.1. The second kappa shape index (κ2) is 15.9. The topological polar surface area (TPSA) is 175 Å². The number of nitrogens with zero attached hydrogens (tertiary/aromatic N) is 9. The number of anilines is 2. The third-order valence-corrected chi connectivity index (χ3v) is 12.0. The summed E-state index contributed by atoms with van der Waals surface area (Å²) < 4.78 is 46.0. The van der Waals surface area contributed by atoms with Gasteiger partial charge < -0.3 is 19.7 Å². The van der Waals surface area contributed by atoms with Gasteiger partial charge in [-0.3, -0.25) is 33.7 Å². The number of para-hydroxylation sites is 1. The third kappa shape index (κ3) is 7.29. The van der Waals surface area contributed by atoms with E-state index in [0.717, 1.165) is 12.0 Å². The number of nitrogens with one attached hydrogen (secondary N) is 2. The Labute approximate surface area is 352 Å². The van der Waals surface area contributed by atoms with Crippen LogP contribution in [0.4, 0.5) is 20.3 Å². The van der Waals surface area contributed by atoms with Crippen LogP contribution in [0.3, 0.4) is 0 Å². The van der Waals surface area contributed by atoms with E-state index in [9.17, 15) is 28.0 Å². The number of imide groups is 1. The molecule has 4 saturated heterocycles. The molecular weight excluding hydrogens is 805 g/mol. The summed E-state index contributed by atoms with van der Waals surface area (Å²) >= 11 is 0. The van der Waals surface area contributed by atoms with Gasteiger partial charge in [0.25, 0.3) is 12.3 Å². The van der Waals surface area contributed by atoms with Gasteiger partial charge in [0.15, 0.2) is 11.3 Å². The molecule has 2 N–H and O–H groups in total. The number of morpholine rings is 2. The molecule has 2 aromatic carbocycles. The fourth-order valence-electron chi connectivity index (χ4n) is 8.92. The smallest absolute Gasteiger partial charge is 0.329 e. The van der Waals surface area contributed by atoms with Crippen molar-refractivity contribution in [1.29, 1.82) is 0 Å². The molecule has 318 valence electrons. The molecule has 4 aliphatic heterocycles. The minimum atomic E-state index is -2.94. The largest absolute Gasteiger partial charge is 0.375 e. The van der Waals surface area contributed by atoms with Gasteiger partial charge in [-0.2, -0.15) is 10.2 Å². The maximum atomic E-state index is 14.3.